The van der Waals surface area contributed by atoms with E-state index in [9.17, 15) is 4.79 Å². The summed E-state index contributed by atoms with van der Waals surface area (Å²) in [6, 6.07) is 14.8. The number of nitrogens with zero attached hydrogens (tertiary/aromatic N) is 1. The summed E-state index contributed by atoms with van der Waals surface area (Å²) >= 11 is 9.28. The van der Waals surface area contributed by atoms with Crippen LogP contribution in [0.1, 0.15) is 17.3 Å². The minimum Gasteiger partial charge on any atom is -0.309 e. The molecule has 0 saturated heterocycles. The van der Waals surface area contributed by atoms with Gasteiger partial charge in [-0.15, -0.1) is 0 Å². The van der Waals surface area contributed by atoms with Crippen LogP contribution in [-0.4, -0.2) is 12.5 Å². The van der Waals surface area contributed by atoms with Gasteiger partial charge in [-0.25, -0.2) is 0 Å². The van der Waals surface area contributed by atoms with Crippen molar-refractivity contribution >= 4 is 39.1 Å². The summed E-state index contributed by atoms with van der Waals surface area (Å²) in [7, 11) is 0. The Labute approximate surface area is 126 Å². The smallest absolute Gasteiger partial charge is 0.258 e. The number of carbonyl (C=O) groups excluding carboxylic acids is 1. The number of hydrogen-bond donors (Lipinski definition) is 0. The van der Waals surface area contributed by atoms with Gasteiger partial charge in [0, 0.05) is 22.3 Å². The van der Waals surface area contributed by atoms with Crippen LogP contribution in [0.15, 0.2) is 53.0 Å². The molecule has 1 amide bonds. The summed E-state index contributed by atoms with van der Waals surface area (Å²) in [6.07, 6.45) is 0. The first-order valence-electron chi connectivity index (χ1n) is 5.95. The van der Waals surface area contributed by atoms with Gasteiger partial charge in [0.05, 0.1) is 5.02 Å². The Morgan fingerprint density at radius 1 is 1.21 bits per heavy atom. The lowest BCUT2D eigenvalue weighted by atomic mass is 10.2. The number of anilines is 1. The molecule has 0 aliphatic rings. The van der Waals surface area contributed by atoms with Crippen LogP contribution in [0.4, 0.5) is 5.69 Å². The number of carbonyl (C=O) groups is 1. The van der Waals surface area contributed by atoms with Crippen molar-refractivity contribution in [3.05, 3.63) is 63.6 Å². The molecule has 0 radical (unpaired) electrons. The maximum atomic E-state index is 12.5. The molecule has 19 heavy (non-hydrogen) atoms. The third kappa shape index (κ3) is 3.17. The number of hydrogen-bond acceptors (Lipinski definition) is 1. The van der Waals surface area contributed by atoms with E-state index >= 15 is 0 Å². The Kier molecular flexibility index (Phi) is 4.61. The maximum absolute atomic E-state index is 12.5. The van der Waals surface area contributed by atoms with Crippen molar-refractivity contribution < 1.29 is 4.79 Å². The molecule has 0 aliphatic carbocycles. The molecule has 0 saturated carbocycles. The van der Waals surface area contributed by atoms with Crippen molar-refractivity contribution in [1.82, 2.24) is 0 Å². The molecule has 4 heteroatoms. The zero-order valence-electron chi connectivity index (χ0n) is 10.4. The first-order chi connectivity index (χ1) is 9.13. The van der Waals surface area contributed by atoms with Crippen LogP contribution in [0.3, 0.4) is 0 Å². The van der Waals surface area contributed by atoms with E-state index in [0.29, 0.717) is 17.1 Å². The van der Waals surface area contributed by atoms with E-state index in [0.717, 1.165) is 10.2 Å². The minimum atomic E-state index is -0.0360. The molecule has 2 aromatic rings. The highest BCUT2D eigenvalue weighted by Gasteiger charge is 2.16. The van der Waals surface area contributed by atoms with Crippen molar-refractivity contribution in [2.24, 2.45) is 0 Å². The lowest BCUT2D eigenvalue weighted by Gasteiger charge is -2.21. The standard InChI is InChI=1S/C15H13BrClNO/c1-2-18(12-6-4-3-5-7-12)15(19)11-8-9-14(17)13(16)10-11/h3-10H,2H2,1H3. The van der Waals surface area contributed by atoms with Crippen molar-refractivity contribution in [2.45, 2.75) is 6.92 Å². The normalized spacial score (nSPS) is 10.3. The second kappa shape index (κ2) is 6.22. The lowest BCUT2D eigenvalue weighted by molar-refractivity contribution is 0.0988. The highest BCUT2D eigenvalue weighted by atomic mass is 79.9. The highest BCUT2D eigenvalue weighted by molar-refractivity contribution is 9.10. The predicted octanol–water partition coefficient (Wildman–Crippen LogP) is 4.77. The van der Waals surface area contributed by atoms with Gasteiger partial charge in [0.2, 0.25) is 0 Å². The molecule has 0 spiro atoms. The van der Waals surface area contributed by atoms with Gasteiger partial charge < -0.3 is 4.90 Å². The van der Waals surface area contributed by atoms with Crippen LogP contribution >= 0.6 is 27.5 Å². The van der Waals surface area contributed by atoms with E-state index in [2.05, 4.69) is 15.9 Å². The Balaban J connectivity index is 2.33. The molecule has 2 nitrogen and oxygen atoms in total. The van der Waals surface area contributed by atoms with Crippen molar-refractivity contribution in [3.63, 3.8) is 0 Å². The van der Waals surface area contributed by atoms with Gasteiger partial charge in [0.25, 0.3) is 5.91 Å². The Hall–Kier alpha value is -1.32. The largest absolute Gasteiger partial charge is 0.309 e. The topological polar surface area (TPSA) is 20.3 Å². The summed E-state index contributed by atoms with van der Waals surface area (Å²) < 4.78 is 0.726. The van der Waals surface area contributed by atoms with Crippen LogP contribution in [0.25, 0.3) is 0 Å². The van der Waals surface area contributed by atoms with E-state index < -0.39 is 0 Å². The number of halogens is 2. The Morgan fingerprint density at radius 3 is 2.47 bits per heavy atom. The summed E-state index contributed by atoms with van der Waals surface area (Å²) in [5.41, 5.74) is 1.50. The van der Waals surface area contributed by atoms with Gasteiger partial charge in [0.15, 0.2) is 0 Å². The Bertz CT molecular complexity index is 586. The average Bonchev–Trinajstić information content (AvgIpc) is 2.44. The fourth-order valence-corrected chi connectivity index (χ4v) is 2.33. The molecule has 2 aromatic carbocycles. The summed E-state index contributed by atoms with van der Waals surface area (Å²) in [4.78, 5) is 14.2. The van der Waals surface area contributed by atoms with Crippen molar-refractivity contribution in [1.29, 1.82) is 0 Å². The van der Waals surface area contributed by atoms with E-state index in [1.165, 1.54) is 0 Å². The number of para-hydroxylation sites is 1. The van der Waals surface area contributed by atoms with Crippen LogP contribution in [-0.2, 0) is 0 Å². The number of amides is 1. The fourth-order valence-electron chi connectivity index (χ4n) is 1.84. The second-order valence-electron chi connectivity index (χ2n) is 4.01. The van der Waals surface area contributed by atoms with E-state index in [-0.39, 0.29) is 5.91 Å². The first-order valence-corrected chi connectivity index (χ1v) is 7.12. The van der Waals surface area contributed by atoms with Gasteiger partial charge >= 0.3 is 0 Å². The van der Waals surface area contributed by atoms with Crippen molar-refractivity contribution in [3.8, 4) is 0 Å². The molecular formula is C15H13BrClNO. The Morgan fingerprint density at radius 2 is 1.89 bits per heavy atom. The third-order valence-corrected chi connectivity index (χ3v) is 4.01. The third-order valence-electron chi connectivity index (χ3n) is 2.80. The molecule has 98 valence electrons. The summed E-state index contributed by atoms with van der Waals surface area (Å²) in [5, 5.41) is 0.597. The van der Waals surface area contributed by atoms with Gasteiger partial charge in [-0.2, -0.15) is 0 Å². The SMILES string of the molecule is CCN(C(=O)c1ccc(Cl)c(Br)c1)c1ccccc1. The molecule has 0 heterocycles. The average molecular weight is 339 g/mol. The molecule has 0 unspecified atom stereocenters. The molecule has 0 atom stereocenters. The highest BCUT2D eigenvalue weighted by Crippen LogP contribution is 2.25. The van der Waals surface area contributed by atoms with Crippen LogP contribution in [0, 0.1) is 0 Å². The zero-order chi connectivity index (χ0) is 13.8. The predicted molar refractivity (Wildman–Crippen MR) is 82.9 cm³/mol. The van der Waals surface area contributed by atoms with E-state index in [1.807, 2.05) is 37.3 Å². The fraction of sp³-hybridized carbons (Fsp3) is 0.133. The summed E-state index contributed by atoms with van der Waals surface area (Å²) in [6.45, 7) is 2.57. The molecule has 0 N–H and O–H groups in total. The van der Waals surface area contributed by atoms with E-state index in [1.54, 1.807) is 23.1 Å². The van der Waals surface area contributed by atoms with Crippen LogP contribution < -0.4 is 4.90 Å². The van der Waals surface area contributed by atoms with E-state index in [4.69, 9.17) is 11.6 Å². The molecule has 0 fully saturated rings. The van der Waals surface area contributed by atoms with Gasteiger partial charge in [0.1, 0.15) is 0 Å². The maximum Gasteiger partial charge on any atom is 0.258 e. The zero-order valence-corrected chi connectivity index (χ0v) is 12.8. The number of benzene rings is 2. The van der Waals surface area contributed by atoms with Gasteiger partial charge in [-0.1, -0.05) is 29.8 Å². The second-order valence-corrected chi connectivity index (χ2v) is 5.28. The molecular weight excluding hydrogens is 326 g/mol. The molecule has 2 rings (SSSR count). The molecule has 0 aromatic heterocycles. The first kappa shape index (κ1) is 14.1. The minimum absolute atomic E-state index is 0.0360. The van der Waals surface area contributed by atoms with Crippen molar-refractivity contribution in [2.75, 3.05) is 11.4 Å². The monoisotopic (exact) mass is 337 g/mol. The van der Waals surface area contributed by atoms with Crippen LogP contribution in [0.2, 0.25) is 5.02 Å². The molecule has 0 aliphatic heterocycles. The van der Waals surface area contributed by atoms with Crippen LogP contribution in [0.5, 0.6) is 0 Å². The van der Waals surface area contributed by atoms with Gasteiger partial charge in [-0.05, 0) is 53.2 Å². The number of rotatable bonds is 3. The van der Waals surface area contributed by atoms with Gasteiger partial charge in [-0.3, -0.25) is 4.79 Å². The quantitative estimate of drug-likeness (QED) is 0.789. The lowest BCUT2D eigenvalue weighted by Crippen LogP contribution is -2.30. The molecule has 0 bridgehead atoms. The summed E-state index contributed by atoms with van der Waals surface area (Å²) in [5.74, 6) is -0.0360.